The molecule has 1 amide bonds. The van der Waals surface area contributed by atoms with E-state index in [1.807, 2.05) is 18.2 Å². The Morgan fingerprint density at radius 1 is 1.21 bits per heavy atom. The number of benzene rings is 1. The van der Waals surface area contributed by atoms with Crippen molar-refractivity contribution in [1.82, 2.24) is 9.88 Å². The first kappa shape index (κ1) is 16.0. The van der Waals surface area contributed by atoms with Crippen LogP contribution in [0.3, 0.4) is 0 Å². The van der Waals surface area contributed by atoms with Gasteiger partial charge in [-0.2, -0.15) is 0 Å². The Kier molecular flexibility index (Phi) is 4.51. The Hall–Kier alpha value is -1.52. The maximum atomic E-state index is 12.8. The maximum absolute atomic E-state index is 12.8. The van der Waals surface area contributed by atoms with Crippen LogP contribution in [0.2, 0.25) is 5.02 Å². The van der Waals surface area contributed by atoms with Gasteiger partial charge in [-0.05, 0) is 49.9 Å². The molecule has 3 heterocycles. The van der Waals surface area contributed by atoms with Gasteiger partial charge in [-0.3, -0.25) is 4.79 Å². The Morgan fingerprint density at radius 3 is 2.88 bits per heavy atom. The maximum Gasteiger partial charge on any atom is 0.225 e. The molecule has 1 atom stereocenters. The molecule has 2 saturated heterocycles. The quantitative estimate of drug-likeness (QED) is 0.894. The number of hydrogen-bond donors (Lipinski definition) is 1. The number of nitrogens with zero attached hydrogens (tertiary/aromatic N) is 1. The van der Waals surface area contributed by atoms with Crippen molar-refractivity contribution in [2.75, 3.05) is 26.3 Å². The molecule has 2 aliphatic rings. The van der Waals surface area contributed by atoms with Crippen molar-refractivity contribution in [3.05, 3.63) is 35.0 Å². The van der Waals surface area contributed by atoms with Gasteiger partial charge >= 0.3 is 0 Å². The molecule has 2 fully saturated rings. The average molecular weight is 347 g/mol. The van der Waals surface area contributed by atoms with Gasteiger partial charge in [-0.25, -0.2) is 0 Å². The molecule has 5 heteroatoms. The molecular weight excluding hydrogens is 324 g/mol. The van der Waals surface area contributed by atoms with Crippen LogP contribution in [0.1, 0.15) is 37.3 Å². The summed E-state index contributed by atoms with van der Waals surface area (Å²) in [5.41, 5.74) is 2.33. The first-order chi connectivity index (χ1) is 11.7. The third-order valence-electron chi connectivity index (χ3n) is 5.35. The van der Waals surface area contributed by atoms with Crippen molar-refractivity contribution >= 4 is 28.4 Å². The Balaban J connectivity index is 1.50. The molecule has 4 rings (SSSR count). The van der Waals surface area contributed by atoms with E-state index in [1.54, 1.807) is 0 Å². The summed E-state index contributed by atoms with van der Waals surface area (Å²) in [6.07, 6.45) is 3.92. The first-order valence-electron chi connectivity index (χ1n) is 8.85. The second-order valence-electron chi connectivity index (χ2n) is 6.97. The second kappa shape index (κ2) is 6.77. The molecule has 0 saturated carbocycles. The Bertz CT molecular complexity index is 736. The van der Waals surface area contributed by atoms with Crippen molar-refractivity contribution in [1.29, 1.82) is 0 Å². The molecule has 0 spiro atoms. The van der Waals surface area contributed by atoms with Crippen LogP contribution >= 0.6 is 11.6 Å². The van der Waals surface area contributed by atoms with Gasteiger partial charge in [-0.15, -0.1) is 0 Å². The highest BCUT2D eigenvalue weighted by atomic mass is 35.5. The number of amides is 1. The van der Waals surface area contributed by atoms with Crippen molar-refractivity contribution in [2.45, 2.75) is 31.6 Å². The highest BCUT2D eigenvalue weighted by Crippen LogP contribution is 2.31. The van der Waals surface area contributed by atoms with Crippen LogP contribution in [0.15, 0.2) is 24.3 Å². The predicted molar refractivity (Wildman–Crippen MR) is 95.4 cm³/mol. The Labute approximate surface area is 147 Å². The van der Waals surface area contributed by atoms with Crippen LogP contribution in [0.5, 0.6) is 0 Å². The van der Waals surface area contributed by atoms with Crippen molar-refractivity contribution in [2.24, 2.45) is 5.92 Å². The van der Waals surface area contributed by atoms with E-state index in [-0.39, 0.29) is 5.92 Å². The van der Waals surface area contributed by atoms with Crippen LogP contribution in [0.4, 0.5) is 0 Å². The minimum atomic E-state index is 0.152. The number of carbonyl (C=O) groups excluding carboxylic acids is 1. The summed E-state index contributed by atoms with van der Waals surface area (Å²) < 4.78 is 5.38. The van der Waals surface area contributed by atoms with Gasteiger partial charge in [0.1, 0.15) is 0 Å². The second-order valence-corrected chi connectivity index (χ2v) is 7.40. The molecule has 24 heavy (non-hydrogen) atoms. The average Bonchev–Trinajstić information content (AvgIpc) is 3.05. The number of ether oxygens (including phenoxy) is 1. The van der Waals surface area contributed by atoms with E-state index in [9.17, 15) is 4.79 Å². The number of fused-ring (bicyclic) bond motifs is 1. The Morgan fingerprint density at radius 2 is 2.04 bits per heavy atom. The van der Waals surface area contributed by atoms with Crippen LogP contribution < -0.4 is 0 Å². The molecule has 1 unspecified atom stereocenters. The molecule has 1 N–H and O–H groups in total. The number of nitrogens with one attached hydrogen (secondary N) is 1. The highest BCUT2D eigenvalue weighted by molar-refractivity contribution is 6.31. The molecule has 0 radical (unpaired) electrons. The lowest BCUT2D eigenvalue weighted by Gasteiger charge is -2.35. The molecule has 2 aliphatic heterocycles. The molecule has 0 bridgehead atoms. The van der Waals surface area contributed by atoms with Crippen LogP contribution in [-0.4, -0.2) is 42.1 Å². The molecule has 128 valence electrons. The minimum absolute atomic E-state index is 0.152. The van der Waals surface area contributed by atoms with Crippen LogP contribution in [0.25, 0.3) is 10.9 Å². The monoisotopic (exact) mass is 346 g/mol. The number of carbonyl (C=O) groups is 1. The van der Waals surface area contributed by atoms with E-state index in [2.05, 4.69) is 16.0 Å². The van der Waals surface area contributed by atoms with Gasteiger partial charge in [0.2, 0.25) is 5.91 Å². The third-order valence-corrected chi connectivity index (χ3v) is 5.58. The lowest BCUT2D eigenvalue weighted by Crippen LogP contribution is -2.43. The van der Waals surface area contributed by atoms with Gasteiger partial charge in [0.25, 0.3) is 0 Å². The van der Waals surface area contributed by atoms with Gasteiger partial charge < -0.3 is 14.6 Å². The third kappa shape index (κ3) is 3.17. The van der Waals surface area contributed by atoms with Gasteiger partial charge in [0, 0.05) is 59.8 Å². The number of rotatable bonds is 2. The zero-order chi connectivity index (χ0) is 16.5. The first-order valence-corrected chi connectivity index (χ1v) is 9.23. The number of piperidine rings is 1. The SMILES string of the molecule is O=C(C1CCOCC1)N1CCCC(c2cc3cc(Cl)ccc3[nH]2)C1. The standard InChI is InChI=1S/C19H23ClN2O2/c20-16-3-4-17-15(10-16)11-18(21-17)14-2-1-7-22(12-14)19(23)13-5-8-24-9-6-13/h3-4,10-11,13-14,21H,1-2,5-9,12H2. The number of halogens is 1. The highest BCUT2D eigenvalue weighted by Gasteiger charge is 2.31. The number of aromatic amines is 1. The number of hydrogen-bond acceptors (Lipinski definition) is 2. The molecule has 1 aromatic heterocycles. The van der Waals surface area contributed by atoms with Gasteiger partial charge in [0.15, 0.2) is 0 Å². The summed E-state index contributed by atoms with van der Waals surface area (Å²) in [5.74, 6) is 0.856. The van der Waals surface area contributed by atoms with Crippen molar-refractivity contribution in [3.63, 3.8) is 0 Å². The van der Waals surface area contributed by atoms with Crippen molar-refractivity contribution < 1.29 is 9.53 Å². The van der Waals surface area contributed by atoms with Crippen molar-refractivity contribution in [3.8, 4) is 0 Å². The van der Waals surface area contributed by atoms with E-state index < -0.39 is 0 Å². The normalized spacial score (nSPS) is 22.9. The summed E-state index contributed by atoms with van der Waals surface area (Å²) in [4.78, 5) is 18.4. The van der Waals surface area contributed by atoms with Gasteiger partial charge in [0.05, 0.1) is 0 Å². The fourth-order valence-corrected chi connectivity index (χ4v) is 4.16. The minimum Gasteiger partial charge on any atom is -0.381 e. The summed E-state index contributed by atoms with van der Waals surface area (Å²) in [6, 6.07) is 8.11. The van der Waals surface area contributed by atoms with E-state index in [0.717, 1.165) is 67.9 Å². The fraction of sp³-hybridized carbons (Fsp3) is 0.526. The largest absolute Gasteiger partial charge is 0.381 e. The zero-order valence-corrected chi connectivity index (χ0v) is 14.5. The molecule has 0 aliphatic carbocycles. The van der Waals surface area contributed by atoms with Crippen LogP contribution in [-0.2, 0) is 9.53 Å². The van der Waals surface area contributed by atoms with E-state index in [0.29, 0.717) is 11.8 Å². The number of aromatic nitrogens is 1. The zero-order valence-electron chi connectivity index (χ0n) is 13.8. The molecule has 4 nitrogen and oxygen atoms in total. The van der Waals surface area contributed by atoms with Crippen LogP contribution in [0, 0.1) is 5.92 Å². The number of likely N-dealkylation sites (tertiary alicyclic amines) is 1. The number of H-pyrrole nitrogens is 1. The topological polar surface area (TPSA) is 45.3 Å². The summed E-state index contributed by atoms with van der Waals surface area (Å²) in [7, 11) is 0. The fourth-order valence-electron chi connectivity index (χ4n) is 3.98. The van der Waals surface area contributed by atoms with Gasteiger partial charge in [-0.1, -0.05) is 11.6 Å². The summed E-state index contributed by atoms with van der Waals surface area (Å²) in [6.45, 7) is 3.14. The molecule has 2 aromatic rings. The summed E-state index contributed by atoms with van der Waals surface area (Å²) in [5, 5.41) is 1.90. The lowest BCUT2D eigenvalue weighted by molar-refractivity contribution is -0.139. The smallest absolute Gasteiger partial charge is 0.225 e. The summed E-state index contributed by atoms with van der Waals surface area (Å²) >= 11 is 6.09. The molecular formula is C19H23ClN2O2. The van der Waals surface area contributed by atoms with E-state index in [4.69, 9.17) is 16.3 Å². The predicted octanol–water partition coefficient (Wildman–Crippen LogP) is 3.95. The van der Waals surface area contributed by atoms with E-state index in [1.165, 1.54) is 5.69 Å². The van der Waals surface area contributed by atoms with E-state index >= 15 is 0 Å². The lowest BCUT2D eigenvalue weighted by atomic mass is 9.92. The molecule has 1 aromatic carbocycles.